The van der Waals surface area contributed by atoms with E-state index in [-0.39, 0.29) is 23.4 Å². The van der Waals surface area contributed by atoms with E-state index in [2.05, 4.69) is 15.4 Å². The summed E-state index contributed by atoms with van der Waals surface area (Å²) in [6.45, 7) is 2.93. The second-order valence-corrected chi connectivity index (χ2v) is 8.35. The molecule has 1 aliphatic rings. The van der Waals surface area contributed by atoms with Gasteiger partial charge in [-0.1, -0.05) is 5.16 Å². The van der Waals surface area contributed by atoms with Crippen LogP contribution in [0.5, 0.6) is 0 Å². The molecule has 1 saturated heterocycles. The van der Waals surface area contributed by atoms with Gasteiger partial charge in [0.25, 0.3) is 0 Å². The Hall–Kier alpha value is -2.19. The number of nitrogens with zero attached hydrogens (tertiary/aromatic N) is 2. The zero-order valence-corrected chi connectivity index (χ0v) is 15.0. The molecule has 1 N–H and O–H groups in total. The summed E-state index contributed by atoms with van der Waals surface area (Å²) in [5.74, 6) is 0.622. The highest BCUT2D eigenvalue weighted by Crippen LogP contribution is 2.31. The molecule has 134 valence electrons. The van der Waals surface area contributed by atoms with Crippen LogP contribution in [0.4, 0.5) is 5.69 Å². The summed E-state index contributed by atoms with van der Waals surface area (Å²) in [4.78, 5) is 14.6. The van der Waals surface area contributed by atoms with Gasteiger partial charge in [0.15, 0.2) is 9.84 Å². The largest absolute Gasteiger partial charge is 0.361 e. The molecular formula is C17H21N3O4S. The Balaban J connectivity index is 1.62. The van der Waals surface area contributed by atoms with Gasteiger partial charge in [0.1, 0.15) is 11.5 Å². The van der Waals surface area contributed by atoms with E-state index in [1.165, 1.54) is 12.1 Å². The number of likely N-dealkylation sites (tertiary alicyclic amines) is 1. The van der Waals surface area contributed by atoms with Gasteiger partial charge >= 0.3 is 0 Å². The first-order chi connectivity index (χ1) is 11.8. The van der Waals surface area contributed by atoms with Gasteiger partial charge in [0, 0.05) is 18.0 Å². The second-order valence-electron chi connectivity index (χ2n) is 6.34. The van der Waals surface area contributed by atoms with Crippen LogP contribution in [0.1, 0.15) is 30.3 Å². The lowest BCUT2D eigenvalue weighted by molar-refractivity contribution is -0.117. The topological polar surface area (TPSA) is 92.5 Å². The monoisotopic (exact) mass is 363 g/mol. The van der Waals surface area contributed by atoms with Gasteiger partial charge in [0.2, 0.25) is 5.91 Å². The number of amides is 1. The predicted octanol–water partition coefficient (Wildman–Crippen LogP) is 2.16. The first-order valence-electron chi connectivity index (χ1n) is 8.10. The Morgan fingerprint density at radius 1 is 1.36 bits per heavy atom. The molecular weight excluding hydrogens is 342 g/mol. The van der Waals surface area contributed by atoms with Crippen LogP contribution in [0.15, 0.2) is 39.8 Å². The van der Waals surface area contributed by atoms with Crippen LogP contribution in [0.2, 0.25) is 0 Å². The minimum Gasteiger partial charge on any atom is -0.361 e. The lowest BCUT2D eigenvalue weighted by Crippen LogP contribution is -2.33. The van der Waals surface area contributed by atoms with Gasteiger partial charge in [0.05, 0.1) is 17.5 Å². The van der Waals surface area contributed by atoms with E-state index >= 15 is 0 Å². The minimum atomic E-state index is -3.24. The first-order valence-corrected chi connectivity index (χ1v) is 9.99. The van der Waals surface area contributed by atoms with E-state index in [1.807, 2.05) is 13.0 Å². The van der Waals surface area contributed by atoms with Gasteiger partial charge in [-0.15, -0.1) is 0 Å². The van der Waals surface area contributed by atoms with Crippen molar-refractivity contribution in [1.29, 1.82) is 0 Å². The van der Waals surface area contributed by atoms with Crippen molar-refractivity contribution in [3.05, 3.63) is 41.8 Å². The number of hydrogen-bond donors (Lipinski definition) is 1. The van der Waals surface area contributed by atoms with Crippen LogP contribution in [-0.4, -0.2) is 43.7 Å². The highest BCUT2D eigenvalue weighted by molar-refractivity contribution is 7.90. The number of hydrogen-bond acceptors (Lipinski definition) is 6. The standard InChI is InChI=1S/C17H21N3O4S/c1-12-10-15(19-24-12)16-4-3-9-20(16)11-17(21)18-13-5-7-14(8-6-13)25(2,22)23/h5-8,10,16H,3-4,9,11H2,1-2H3,(H,18,21)/t16-/m1/s1. The summed E-state index contributed by atoms with van der Waals surface area (Å²) >= 11 is 0. The number of sulfone groups is 1. The zero-order chi connectivity index (χ0) is 18.0. The van der Waals surface area contributed by atoms with Crippen molar-refractivity contribution in [3.8, 4) is 0 Å². The highest BCUT2D eigenvalue weighted by atomic mass is 32.2. The van der Waals surface area contributed by atoms with E-state index in [1.54, 1.807) is 12.1 Å². The van der Waals surface area contributed by atoms with Crippen LogP contribution in [0, 0.1) is 6.92 Å². The average molecular weight is 363 g/mol. The van der Waals surface area contributed by atoms with E-state index in [4.69, 9.17) is 4.52 Å². The number of rotatable bonds is 5. The predicted molar refractivity (Wildman–Crippen MR) is 93.0 cm³/mol. The summed E-state index contributed by atoms with van der Waals surface area (Å²) < 4.78 is 28.1. The molecule has 1 aliphatic heterocycles. The van der Waals surface area contributed by atoms with Gasteiger partial charge in [-0.2, -0.15) is 0 Å². The molecule has 0 aliphatic carbocycles. The van der Waals surface area contributed by atoms with E-state index in [9.17, 15) is 13.2 Å². The molecule has 3 rings (SSSR count). The lowest BCUT2D eigenvalue weighted by Gasteiger charge is -2.21. The summed E-state index contributed by atoms with van der Waals surface area (Å²) in [6, 6.07) is 8.16. The molecule has 1 fully saturated rings. The minimum absolute atomic E-state index is 0.0933. The van der Waals surface area contributed by atoms with Crippen LogP contribution < -0.4 is 5.32 Å². The van der Waals surface area contributed by atoms with Crippen molar-refractivity contribution in [2.75, 3.05) is 24.7 Å². The van der Waals surface area contributed by atoms with Crippen LogP contribution in [0.3, 0.4) is 0 Å². The summed E-state index contributed by atoms with van der Waals surface area (Å²) in [5.41, 5.74) is 1.44. The molecule has 1 amide bonds. The second kappa shape index (κ2) is 6.97. The Kier molecular flexibility index (Phi) is 4.91. The fourth-order valence-corrected chi connectivity index (χ4v) is 3.69. The fraction of sp³-hybridized carbons (Fsp3) is 0.412. The third kappa shape index (κ3) is 4.26. The van der Waals surface area contributed by atoms with Crippen molar-refractivity contribution >= 4 is 21.4 Å². The smallest absolute Gasteiger partial charge is 0.238 e. The van der Waals surface area contributed by atoms with E-state index < -0.39 is 9.84 Å². The molecule has 0 unspecified atom stereocenters. The molecule has 0 spiro atoms. The van der Waals surface area contributed by atoms with Gasteiger partial charge < -0.3 is 9.84 Å². The molecule has 7 nitrogen and oxygen atoms in total. The van der Waals surface area contributed by atoms with Gasteiger partial charge in [-0.25, -0.2) is 8.42 Å². The maximum atomic E-state index is 12.3. The SMILES string of the molecule is Cc1cc([C@H]2CCCN2CC(=O)Nc2ccc(S(C)(=O)=O)cc2)no1. The molecule has 1 aromatic heterocycles. The Morgan fingerprint density at radius 2 is 2.08 bits per heavy atom. The highest BCUT2D eigenvalue weighted by Gasteiger charge is 2.29. The first kappa shape index (κ1) is 17.6. The third-order valence-electron chi connectivity index (χ3n) is 4.26. The van der Waals surface area contributed by atoms with Gasteiger partial charge in [-0.3, -0.25) is 9.69 Å². The molecule has 0 bridgehead atoms. The molecule has 25 heavy (non-hydrogen) atoms. The van der Waals surface area contributed by atoms with Crippen molar-refractivity contribution in [2.45, 2.75) is 30.7 Å². The molecule has 8 heteroatoms. The molecule has 2 heterocycles. The van der Waals surface area contributed by atoms with Crippen LogP contribution in [0.25, 0.3) is 0 Å². The number of benzene rings is 1. The number of nitrogens with one attached hydrogen (secondary N) is 1. The fourth-order valence-electron chi connectivity index (χ4n) is 3.06. The molecule has 1 atom stereocenters. The summed E-state index contributed by atoms with van der Waals surface area (Å²) in [6.07, 6.45) is 3.11. The maximum Gasteiger partial charge on any atom is 0.238 e. The molecule has 2 aromatic rings. The average Bonchev–Trinajstić information content (AvgIpc) is 3.15. The van der Waals surface area contributed by atoms with Gasteiger partial charge in [-0.05, 0) is 50.6 Å². The van der Waals surface area contributed by atoms with Crippen molar-refractivity contribution < 1.29 is 17.7 Å². The third-order valence-corrected chi connectivity index (χ3v) is 5.39. The van der Waals surface area contributed by atoms with Crippen molar-refractivity contribution in [3.63, 3.8) is 0 Å². The Labute approximate surface area is 146 Å². The van der Waals surface area contributed by atoms with E-state index in [0.29, 0.717) is 5.69 Å². The Bertz CT molecular complexity index is 858. The summed E-state index contributed by atoms with van der Waals surface area (Å²) in [5, 5.41) is 6.87. The molecule has 0 radical (unpaired) electrons. The van der Waals surface area contributed by atoms with Crippen LogP contribution >= 0.6 is 0 Å². The number of carbonyl (C=O) groups excluding carboxylic acids is 1. The van der Waals surface area contributed by atoms with Crippen molar-refractivity contribution in [2.24, 2.45) is 0 Å². The quantitative estimate of drug-likeness (QED) is 0.875. The van der Waals surface area contributed by atoms with Crippen molar-refractivity contribution in [1.82, 2.24) is 10.1 Å². The number of aryl methyl sites for hydroxylation is 1. The summed E-state index contributed by atoms with van der Waals surface area (Å²) in [7, 11) is -3.24. The molecule has 0 saturated carbocycles. The van der Waals surface area contributed by atoms with Crippen LogP contribution in [-0.2, 0) is 14.6 Å². The number of carbonyl (C=O) groups is 1. The number of anilines is 1. The molecule has 1 aromatic carbocycles. The lowest BCUT2D eigenvalue weighted by atomic mass is 10.1. The maximum absolute atomic E-state index is 12.3. The Morgan fingerprint density at radius 3 is 2.68 bits per heavy atom. The van der Waals surface area contributed by atoms with E-state index in [0.717, 1.165) is 37.1 Å². The number of aromatic nitrogens is 1. The zero-order valence-electron chi connectivity index (χ0n) is 14.2. The normalized spacial score (nSPS) is 18.4.